The molecular weight excluding hydrogens is 445 g/mol. The second-order valence-electron chi connectivity index (χ2n) is 7.56. The van der Waals surface area contributed by atoms with Crippen LogP contribution in [0.5, 0.6) is 11.5 Å². The normalized spacial score (nSPS) is 12.1. The summed E-state index contributed by atoms with van der Waals surface area (Å²) in [5.74, 6) is -0.125. The Morgan fingerprint density at radius 3 is 2.33 bits per heavy atom. The van der Waals surface area contributed by atoms with E-state index in [0.717, 1.165) is 0 Å². The first kappa shape index (κ1) is 24.3. The van der Waals surface area contributed by atoms with Crippen LogP contribution >= 0.6 is 0 Å². The van der Waals surface area contributed by atoms with Gasteiger partial charge in [0.15, 0.2) is 0 Å². The summed E-state index contributed by atoms with van der Waals surface area (Å²) in [6, 6.07) is 17.9. The van der Waals surface area contributed by atoms with Gasteiger partial charge >= 0.3 is 10.1 Å². The molecule has 0 saturated heterocycles. The Balaban J connectivity index is 1.82. The van der Waals surface area contributed by atoms with Crippen molar-refractivity contribution in [1.29, 1.82) is 0 Å². The van der Waals surface area contributed by atoms with Crippen LogP contribution in [0.15, 0.2) is 77.7 Å². The molecule has 174 valence electrons. The van der Waals surface area contributed by atoms with Crippen LogP contribution in [0.4, 0.5) is 4.39 Å². The van der Waals surface area contributed by atoms with Gasteiger partial charge in [-0.05, 0) is 73.5 Å². The highest BCUT2D eigenvalue weighted by atomic mass is 32.2. The maximum Gasteiger partial charge on any atom is 0.339 e. The highest BCUT2D eigenvalue weighted by molar-refractivity contribution is 7.87. The van der Waals surface area contributed by atoms with E-state index >= 15 is 0 Å². The minimum atomic E-state index is -4.05. The molecule has 0 N–H and O–H groups in total. The third-order valence-corrected chi connectivity index (χ3v) is 6.52. The lowest BCUT2D eigenvalue weighted by Crippen LogP contribution is -2.37. The summed E-state index contributed by atoms with van der Waals surface area (Å²) in [4.78, 5) is 14.7. The topological polar surface area (TPSA) is 72.9 Å². The summed E-state index contributed by atoms with van der Waals surface area (Å²) in [5, 5.41) is 0. The maximum absolute atomic E-state index is 13.6. The van der Waals surface area contributed by atoms with E-state index in [1.807, 2.05) is 13.8 Å². The zero-order valence-corrected chi connectivity index (χ0v) is 19.5. The second-order valence-corrected chi connectivity index (χ2v) is 9.11. The molecule has 3 aromatic carbocycles. The molecule has 6 nitrogen and oxygen atoms in total. The average Bonchev–Trinajstić information content (AvgIpc) is 2.81. The second kappa shape index (κ2) is 10.5. The van der Waals surface area contributed by atoms with E-state index in [1.165, 1.54) is 55.6 Å². The number of carbonyl (C=O) groups excluding carboxylic acids is 1. The predicted molar refractivity (Wildman–Crippen MR) is 123 cm³/mol. The SMILES string of the molecule is CC[C@H](C)N(Cc1cccc(OS(=O)(=O)c2ccc(OC)cc2)c1)C(=O)c1cccc(F)c1. The number of carbonyl (C=O) groups is 1. The summed E-state index contributed by atoms with van der Waals surface area (Å²) in [7, 11) is -2.55. The number of ether oxygens (including phenoxy) is 1. The summed E-state index contributed by atoms with van der Waals surface area (Å²) < 4.78 is 49.3. The van der Waals surface area contributed by atoms with E-state index < -0.39 is 15.9 Å². The van der Waals surface area contributed by atoms with Gasteiger partial charge in [-0.1, -0.05) is 25.1 Å². The predicted octanol–water partition coefficient (Wildman–Crippen LogP) is 5.04. The Morgan fingerprint density at radius 1 is 1.00 bits per heavy atom. The van der Waals surface area contributed by atoms with Crippen molar-refractivity contribution in [3.05, 3.63) is 89.7 Å². The van der Waals surface area contributed by atoms with Crippen molar-refractivity contribution >= 4 is 16.0 Å². The molecule has 0 spiro atoms. The van der Waals surface area contributed by atoms with Gasteiger partial charge in [-0.2, -0.15) is 8.42 Å². The number of rotatable bonds is 9. The van der Waals surface area contributed by atoms with Crippen molar-refractivity contribution in [3.8, 4) is 11.5 Å². The molecule has 3 aromatic rings. The lowest BCUT2D eigenvalue weighted by Gasteiger charge is -2.29. The van der Waals surface area contributed by atoms with Gasteiger partial charge in [0.1, 0.15) is 22.2 Å². The van der Waals surface area contributed by atoms with Crippen LogP contribution < -0.4 is 8.92 Å². The molecule has 3 rings (SSSR count). The summed E-state index contributed by atoms with van der Waals surface area (Å²) in [6.07, 6.45) is 0.698. The van der Waals surface area contributed by atoms with E-state index in [4.69, 9.17) is 8.92 Å². The van der Waals surface area contributed by atoms with Crippen LogP contribution in [0.3, 0.4) is 0 Å². The van der Waals surface area contributed by atoms with Crippen LogP contribution in [0.25, 0.3) is 0 Å². The van der Waals surface area contributed by atoms with Crippen molar-refractivity contribution in [3.63, 3.8) is 0 Å². The Hall–Kier alpha value is -3.39. The van der Waals surface area contributed by atoms with Gasteiger partial charge in [-0.25, -0.2) is 4.39 Å². The Morgan fingerprint density at radius 2 is 1.70 bits per heavy atom. The molecule has 8 heteroatoms. The number of methoxy groups -OCH3 is 1. The number of hydrogen-bond acceptors (Lipinski definition) is 5. The molecule has 0 unspecified atom stereocenters. The van der Waals surface area contributed by atoms with Crippen molar-refractivity contribution in [2.45, 2.75) is 37.8 Å². The number of benzene rings is 3. The zero-order valence-electron chi connectivity index (χ0n) is 18.7. The number of nitrogens with zero attached hydrogens (tertiary/aromatic N) is 1. The van der Waals surface area contributed by atoms with E-state index in [1.54, 1.807) is 29.2 Å². The fraction of sp³-hybridized carbons (Fsp3) is 0.240. The number of hydrogen-bond donors (Lipinski definition) is 0. The molecule has 0 heterocycles. The van der Waals surface area contributed by atoms with Gasteiger partial charge in [0.25, 0.3) is 5.91 Å². The van der Waals surface area contributed by atoms with Gasteiger partial charge in [-0.3, -0.25) is 4.79 Å². The maximum atomic E-state index is 13.6. The number of halogens is 1. The summed E-state index contributed by atoms with van der Waals surface area (Å²) >= 11 is 0. The molecule has 1 amide bonds. The Labute approximate surface area is 193 Å². The van der Waals surface area contributed by atoms with Crippen molar-refractivity contribution in [2.24, 2.45) is 0 Å². The van der Waals surface area contributed by atoms with E-state index in [0.29, 0.717) is 17.7 Å². The molecule has 0 bridgehead atoms. The molecule has 0 fully saturated rings. The monoisotopic (exact) mass is 471 g/mol. The van der Waals surface area contributed by atoms with Gasteiger partial charge in [-0.15, -0.1) is 0 Å². The van der Waals surface area contributed by atoms with Crippen molar-refractivity contribution in [2.75, 3.05) is 7.11 Å². The quantitative estimate of drug-likeness (QED) is 0.409. The van der Waals surface area contributed by atoms with Gasteiger partial charge < -0.3 is 13.8 Å². The largest absolute Gasteiger partial charge is 0.497 e. The van der Waals surface area contributed by atoms with Gasteiger partial charge in [0, 0.05) is 18.2 Å². The highest BCUT2D eigenvalue weighted by Crippen LogP contribution is 2.23. The number of amides is 1. The van der Waals surface area contributed by atoms with Gasteiger partial charge in [0.2, 0.25) is 0 Å². The Bertz CT molecular complexity index is 1210. The third kappa shape index (κ3) is 6.10. The smallest absolute Gasteiger partial charge is 0.339 e. The van der Waals surface area contributed by atoms with Crippen LogP contribution in [0.1, 0.15) is 36.2 Å². The molecule has 0 aromatic heterocycles. The van der Waals surface area contributed by atoms with Crippen molar-refractivity contribution < 1.29 is 26.5 Å². The highest BCUT2D eigenvalue weighted by Gasteiger charge is 2.22. The molecular formula is C25H26FNO5S. The molecule has 0 aliphatic heterocycles. The molecule has 33 heavy (non-hydrogen) atoms. The molecule has 0 radical (unpaired) electrons. The van der Waals surface area contributed by atoms with Crippen LogP contribution in [-0.2, 0) is 16.7 Å². The summed E-state index contributed by atoms with van der Waals surface area (Å²) in [5.41, 5.74) is 0.937. The fourth-order valence-electron chi connectivity index (χ4n) is 3.25. The Kier molecular flexibility index (Phi) is 7.71. The van der Waals surface area contributed by atoms with Crippen LogP contribution in [-0.4, -0.2) is 32.4 Å². The zero-order chi connectivity index (χ0) is 24.0. The third-order valence-electron chi connectivity index (χ3n) is 5.26. The van der Waals surface area contributed by atoms with Crippen LogP contribution in [0.2, 0.25) is 0 Å². The van der Waals surface area contributed by atoms with Crippen molar-refractivity contribution in [1.82, 2.24) is 4.90 Å². The lowest BCUT2D eigenvalue weighted by atomic mass is 10.1. The fourth-order valence-corrected chi connectivity index (χ4v) is 4.17. The molecule has 1 atom stereocenters. The first-order chi connectivity index (χ1) is 15.7. The minimum absolute atomic E-state index is 0.00350. The first-order valence-electron chi connectivity index (χ1n) is 10.5. The van der Waals surface area contributed by atoms with E-state index in [9.17, 15) is 17.6 Å². The molecule has 0 aliphatic carbocycles. The van der Waals surface area contributed by atoms with Crippen LogP contribution in [0, 0.1) is 5.82 Å². The average molecular weight is 472 g/mol. The first-order valence-corrected chi connectivity index (χ1v) is 11.9. The summed E-state index contributed by atoms with van der Waals surface area (Å²) in [6.45, 7) is 4.08. The van der Waals surface area contributed by atoms with Gasteiger partial charge in [0.05, 0.1) is 7.11 Å². The lowest BCUT2D eigenvalue weighted by molar-refractivity contribution is 0.0671. The molecule has 0 saturated carbocycles. The standard InChI is InChI=1S/C25H26FNO5S/c1-4-18(2)27(25(28)20-8-6-9-21(26)16-20)17-19-7-5-10-23(15-19)32-33(29,30)24-13-11-22(31-3)12-14-24/h5-16,18H,4,17H2,1-3H3/t18-/m0/s1. The molecule has 0 aliphatic rings. The van der Waals surface area contributed by atoms with E-state index in [-0.39, 0.29) is 34.7 Å². The van der Waals surface area contributed by atoms with E-state index in [2.05, 4.69) is 0 Å². The minimum Gasteiger partial charge on any atom is -0.497 e.